The van der Waals surface area contributed by atoms with E-state index in [0.29, 0.717) is 24.0 Å². The maximum atomic E-state index is 14.2. The van der Waals surface area contributed by atoms with Crippen molar-refractivity contribution in [2.45, 2.75) is 37.7 Å². The number of sulfonamides is 1. The van der Waals surface area contributed by atoms with E-state index < -0.39 is 28.4 Å². The number of aryl methyl sites for hydroxylation is 2. The zero-order chi connectivity index (χ0) is 17.2. The van der Waals surface area contributed by atoms with Gasteiger partial charge in [-0.3, -0.25) is 0 Å². The molecular formula is C15H20FNO5S. The molecule has 2 rings (SSSR count). The van der Waals surface area contributed by atoms with Crippen molar-refractivity contribution in [3.05, 3.63) is 29.1 Å². The van der Waals surface area contributed by atoms with Crippen molar-refractivity contribution in [1.82, 2.24) is 4.31 Å². The molecular weight excluding hydrogens is 325 g/mol. The number of hydrogen-bond donors (Lipinski definition) is 1. The van der Waals surface area contributed by atoms with E-state index in [2.05, 4.69) is 0 Å². The topological polar surface area (TPSA) is 83.9 Å². The van der Waals surface area contributed by atoms with Crippen molar-refractivity contribution in [2.24, 2.45) is 0 Å². The average molecular weight is 345 g/mol. The normalized spacial score (nSPS) is 17.3. The van der Waals surface area contributed by atoms with Crippen LogP contribution in [0.2, 0.25) is 0 Å². The summed E-state index contributed by atoms with van der Waals surface area (Å²) < 4.78 is 45.9. The van der Waals surface area contributed by atoms with Crippen LogP contribution in [-0.4, -0.2) is 49.6 Å². The SMILES string of the molecule is Cc1cc(C)c(S(=O)(=O)N2CCC(OCC(=O)O)CC2)c(F)c1. The highest BCUT2D eigenvalue weighted by atomic mass is 32.2. The molecule has 0 bridgehead atoms. The predicted molar refractivity (Wildman–Crippen MR) is 81.2 cm³/mol. The van der Waals surface area contributed by atoms with Crippen LogP contribution >= 0.6 is 0 Å². The number of carboxylic acids is 1. The van der Waals surface area contributed by atoms with E-state index in [-0.39, 0.29) is 24.1 Å². The van der Waals surface area contributed by atoms with Crippen LogP contribution in [0.25, 0.3) is 0 Å². The molecule has 23 heavy (non-hydrogen) atoms. The molecule has 1 aliphatic heterocycles. The molecule has 1 N–H and O–H groups in total. The van der Waals surface area contributed by atoms with Gasteiger partial charge in [-0.15, -0.1) is 0 Å². The number of hydrogen-bond acceptors (Lipinski definition) is 4. The van der Waals surface area contributed by atoms with Crippen molar-refractivity contribution < 1.29 is 27.4 Å². The van der Waals surface area contributed by atoms with Gasteiger partial charge >= 0.3 is 5.97 Å². The molecule has 128 valence electrons. The Kier molecular flexibility index (Phi) is 5.38. The number of benzene rings is 1. The fourth-order valence-electron chi connectivity index (χ4n) is 2.79. The summed E-state index contributed by atoms with van der Waals surface area (Å²) >= 11 is 0. The van der Waals surface area contributed by atoms with Crippen LogP contribution in [0, 0.1) is 19.7 Å². The van der Waals surface area contributed by atoms with Crippen LogP contribution < -0.4 is 0 Å². The van der Waals surface area contributed by atoms with E-state index in [1.165, 1.54) is 10.4 Å². The molecule has 1 aromatic rings. The van der Waals surface area contributed by atoms with Gasteiger partial charge in [-0.1, -0.05) is 6.07 Å². The molecule has 8 heteroatoms. The van der Waals surface area contributed by atoms with Gasteiger partial charge in [0, 0.05) is 13.1 Å². The Balaban J connectivity index is 2.12. The van der Waals surface area contributed by atoms with Crippen molar-refractivity contribution in [1.29, 1.82) is 0 Å². The molecule has 0 spiro atoms. The number of carboxylic acid groups (broad SMARTS) is 1. The van der Waals surface area contributed by atoms with Gasteiger partial charge in [0.05, 0.1) is 6.10 Å². The number of halogens is 1. The van der Waals surface area contributed by atoms with E-state index >= 15 is 0 Å². The van der Waals surface area contributed by atoms with Crippen molar-refractivity contribution in [2.75, 3.05) is 19.7 Å². The maximum absolute atomic E-state index is 14.2. The van der Waals surface area contributed by atoms with E-state index in [1.807, 2.05) is 0 Å². The van der Waals surface area contributed by atoms with Gasteiger partial charge in [-0.25, -0.2) is 17.6 Å². The summed E-state index contributed by atoms with van der Waals surface area (Å²) in [5, 5.41) is 8.58. The summed E-state index contributed by atoms with van der Waals surface area (Å²) in [7, 11) is -3.91. The quantitative estimate of drug-likeness (QED) is 0.878. The number of aliphatic carboxylic acids is 1. The molecule has 0 atom stereocenters. The third kappa shape index (κ3) is 4.07. The molecule has 0 aromatic heterocycles. The monoisotopic (exact) mass is 345 g/mol. The van der Waals surface area contributed by atoms with Crippen LogP contribution in [0.5, 0.6) is 0 Å². The number of piperidine rings is 1. The summed E-state index contributed by atoms with van der Waals surface area (Å²) in [5.41, 5.74) is 1.05. The second-order valence-corrected chi connectivity index (χ2v) is 7.58. The molecule has 1 aliphatic rings. The Morgan fingerprint density at radius 2 is 1.96 bits per heavy atom. The van der Waals surface area contributed by atoms with E-state index in [0.717, 1.165) is 0 Å². The summed E-state index contributed by atoms with van der Waals surface area (Å²) in [6.45, 7) is 3.24. The van der Waals surface area contributed by atoms with Gasteiger partial charge in [0.15, 0.2) is 0 Å². The highest BCUT2D eigenvalue weighted by Gasteiger charge is 2.33. The van der Waals surface area contributed by atoms with Crippen LogP contribution in [0.4, 0.5) is 4.39 Å². The second kappa shape index (κ2) is 6.94. The van der Waals surface area contributed by atoms with Gasteiger partial charge in [-0.2, -0.15) is 4.31 Å². The predicted octanol–water partition coefficient (Wildman–Crippen LogP) is 1.70. The highest BCUT2D eigenvalue weighted by molar-refractivity contribution is 7.89. The first-order valence-electron chi connectivity index (χ1n) is 7.32. The van der Waals surface area contributed by atoms with Crippen LogP contribution in [0.3, 0.4) is 0 Å². The first kappa shape index (κ1) is 17.8. The third-order valence-electron chi connectivity index (χ3n) is 3.81. The second-order valence-electron chi connectivity index (χ2n) is 5.70. The fourth-order valence-corrected chi connectivity index (χ4v) is 4.51. The summed E-state index contributed by atoms with van der Waals surface area (Å²) in [4.78, 5) is 10.2. The number of ether oxygens (including phenoxy) is 1. The highest BCUT2D eigenvalue weighted by Crippen LogP contribution is 2.27. The number of rotatable bonds is 5. The Hall–Kier alpha value is -1.51. The molecule has 1 saturated heterocycles. The van der Waals surface area contributed by atoms with E-state index in [1.54, 1.807) is 19.9 Å². The smallest absolute Gasteiger partial charge is 0.329 e. The van der Waals surface area contributed by atoms with Gasteiger partial charge in [-0.05, 0) is 43.9 Å². The lowest BCUT2D eigenvalue weighted by atomic mass is 10.1. The lowest BCUT2D eigenvalue weighted by molar-refractivity contribution is -0.145. The van der Waals surface area contributed by atoms with Gasteiger partial charge in [0.2, 0.25) is 10.0 Å². The fraction of sp³-hybridized carbons (Fsp3) is 0.533. The molecule has 1 fully saturated rings. The van der Waals surface area contributed by atoms with Gasteiger partial charge in [0.25, 0.3) is 0 Å². The van der Waals surface area contributed by atoms with E-state index in [9.17, 15) is 17.6 Å². The molecule has 0 aliphatic carbocycles. The zero-order valence-corrected chi connectivity index (χ0v) is 13.9. The van der Waals surface area contributed by atoms with Crippen LogP contribution in [-0.2, 0) is 19.6 Å². The van der Waals surface area contributed by atoms with Crippen molar-refractivity contribution in [3.8, 4) is 0 Å². The largest absolute Gasteiger partial charge is 0.480 e. The number of nitrogens with zero attached hydrogens (tertiary/aromatic N) is 1. The summed E-state index contributed by atoms with van der Waals surface area (Å²) in [5.74, 6) is -1.80. The first-order valence-corrected chi connectivity index (χ1v) is 8.76. The maximum Gasteiger partial charge on any atom is 0.329 e. The average Bonchev–Trinajstić information content (AvgIpc) is 2.44. The lowest BCUT2D eigenvalue weighted by Gasteiger charge is -2.31. The standard InChI is InChI=1S/C15H20FNO5S/c1-10-7-11(2)15(13(16)8-10)23(20,21)17-5-3-12(4-6-17)22-9-14(18)19/h7-8,12H,3-6,9H2,1-2H3,(H,18,19). The molecule has 1 aromatic carbocycles. The molecule has 6 nitrogen and oxygen atoms in total. The van der Waals surface area contributed by atoms with Gasteiger partial charge in [0.1, 0.15) is 17.3 Å². The first-order chi connectivity index (χ1) is 10.7. The lowest BCUT2D eigenvalue weighted by Crippen LogP contribution is -2.41. The zero-order valence-electron chi connectivity index (χ0n) is 13.1. The minimum Gasteiger partial charge on any atom is -0.480 e. The van der Waals surface area contributed by atoms with Crippen LogP contribution in [0.1, 0.15) is 24.0 Å². The minimum atomic E-state index is -3.91. The molecule has 0 radical (unpaired) electrons. The van der Waals surface area contributed by atoms with E-state index in [4.69, 9.17) is 9.84 Å². The molecule has 0 unspecified atom stereocenters. The van der Waals surface area contributed by atoms with Gasteiger partial charge < -0.3 is 9.84 Å². The Morgan fingerprint density at radius 3 is 2.48 bits per heavy atom. The molecule has 0 amide bonds. The Bertz CT molecular complexity index is 673. The van der Waals surface area contributed by atoms with Crippen molar-refractivity contribution >= 4 is 16.0 Å². The minimum absolute atomic E-state index is 0.180. The summed E-state index contributed by atoms with van der Waals surface area (Å²) in [6, 6.07) is 2.85. The number of carbonyl (C=O) groups is 1. The molecule has 1 heterocycles. The van der Waals surface area contributed by atoms with Crippen LogP contribution in [0.15, 0.2) is 17.0 Å². The molecule has 0 saturated carbocycles. The summed E-state index contributed by atoms with van der Waals surface area (Å²) in [6.07, 6.45) is 0.486. The Labute approximate surface area is 134 Å². The Morgan fingerprint density at radius 1 is 1.35 bits per heavy atom. The third-order valence-corrected chi connectivity index (χ3v) is 5.89. The van der Waals surface area contributed by atoms with Crippen molar-refractivity contribution in [3.63, 3.8) is 0 Å².